The van der Waals surface area contributed by atoms with Gasteiger partial charge in [0.05, 0.1) is 12.5 Å². The van der Waals surface area contributed by atoms with Crippen molar-refractivity contribution in [3.05, 3.63) is 34.3 Å². The summed E-state index contributed by atoms with van der Waals surface area (Å²) < 4.78 is 4.88. The van der Waals surface area contributed by atoms with Gasteiger partial charge in [0.15, 0.2) is 0 Å². The number of hydrogen-bond acceptors (Lipinski definition) is 2. The summed E-state index contributed by atoms with van der Waals surface area (Å²) in [4.78, 5) is 11.8. The Labute approximate surface area is 113 Å². The van der Waals surface area contributed by atoms with Gasteiger partial charge in [0.1, 0.15) is 0 Å². The number of esters is 1. The number of benzene rings is 1. The van der Waals surface area contributed by atoms with Gasteiger partial charge in [-0.3, -0.25) is 4.79 Å². The van der Waals surface area contributed by atoms with Crippen molar-refractivity contribution < 1.29 is 9.53 Å². The number of ether oxygens (including phenoxy) is 1. The van der Waals surface area contributed by atoms with Crippen LogP contribution in [-0.4, -0.2) is 13.1 Å². The van der Waals surface area contributed by atoms with Crippen LogP contribution >= 0.6 is 11.6 Å². The molecule has 0 radical (unpaired) electrons. The van der Waals surface area contributed by atoms with Crippen molar-refractivity contribution in [2.75, 3.05) is 7.11 Å². The van der Waals surface area contributed by atoms with E-state index in [1.807, 2.05) is 18.2 Å². The molecule has 1 aromatic rings. The molecule has 3 heteroatoms. The Bertz CT molecular complexity index is 462. The molecule has 0 heterocycles. The maximum absolute atomic E-state index is 11.8. The third kappa shape index (κ3) is 2.39. The normalized spacial score (nSPS) is 16.7. The predicted octanol–water partition coefficient (Wildman–Crippen LogP) is 3.74. The summed E-state index contributed by atoms with van der Waals surface area (Å²) in [5, 5.41) is 0.761. The zero-order valence-corrected chi connectivity index (χ0v) is 11.9. The number of carbonyl (C=O) groups is 1. The van der Waals surface area contributed by atoms with Crippen LogP contribution in [0.5, 0.6) is 0 Å². The summed E-state index contributed by atoms with van der Waals surface area (Å²) in [6, 6.07) is 6.00. The van der Waals surface area contributed by atoms with E-state index in [-0.39, 0.29) is 5.97 Å². The highest BCUT2D eigenvalue weighted by Gasteiger charge is 2.52. The molecule has 0 bridgehead atoms. The minimum absolute atomic E-state index is 0.143. The highest BCUT2D eigenvalue weighted by molar-refractivity contribution is 6.31. The highest BCUT2D eigenvalue weighted by atomic mass is 35.5. The first-order valence-electron chi connectivity index (χ1n) is 6.37. The molecule has 0 atom stereocenters. The lowest BCUT2D eigenvalue weighted by Gasteiger charge is -2.15. The molecule has 1 saturated carbocycles. The van der Waals surface area contributed by atoms with Crippen LogP contribution in [0.25, 0.3) is 0 Å². The van der Waals surface area contributed by atoms with Gasteiger partial charge < -0.3 is 4.74 Å². The zero-order valence-electron chi connectivity index (χ0n) is 11.1. The molecule has 0 aromatic heterocycles. The van der Waals surface area contributed by atoms with Gasteiger partial charge in [0.25, 0.3) is 0 Å². The second-order valence-electron chi connectivity index (χ2n) is 5.48. The number of methoxy groups -OCH3 is 1. The minimum Gasteiger partial charge on any atom is -0.468 e. The lowest BCUT2D eigenvalue weighted by molar-refractivity contribution is -0.143. The standard InChI is InChI=1S/C15H19ClO2/c1-10(2)8-11-4-5-12(9-13(11)16)15(6-7-15)14(17)18-3/h4-5,9-10H,6-8H2,1-3H3. The Kier molecular flexibility index (Phi) is 3.67. The van der Waals surface area contributed by atoms with Crippen molar-refractivity contribution >= 4 is 17.6 Å². The van der Waals surface area contributed by atoms with E-state index in [4.69, 9.17) is 16.3 Å². The van der Waals surface area contributed by atoms with Crippen molar-refractivity contribution in [1.29, 1.82) is 0 Å². The second-order valence-corrected chi connectivity index (χ2v) is 5.89. The first kappa shape index (κ1) is 13.4. The lowest BCUT2D eigenvalue weighted by Crippen LogP contribution is -2.21. The first-order chi connectivity index (χ1) is 8.49. The Balaban J connectivity index is 2.27. The van der Waals surface area contributed by atoms with Crippen molar-refractivity contribution in [2.45, 2.75) is 38.5 Å². The van der Waals surface area contributed by atoms with Crippen LogP contribution in [0.1, 0.15) is 37.8 Å². The van der Waals surface area contributed by atoms with Crippen molar-refractivity contribution in [1.82, 2.24) is 0 Å². The van der Waals surface area contributed by atoms with Gasteiger partial charge in [-0.2, -0.15) is 0 Å². The van der Waals surface area contributed by atoms with Crippen LogP contribution in [0.4, 0.5) is 0 Å². The molecule has 1 fully saturated rings. The van der Waals surface area contributed by atoms with Crippen molar-refractivity contribution in [2.24, 2.45) is 5.92 Å². The Morgan fingerprint density at radius 1 is 1.44 bits per heavy atom. The molecule has 1 aliphatic carbocycles. The largest absolute Gasteiger partial charge is 0.468 e. The summed E-state index contributed by atoms with van der Waals surface area (Å²) in [5.74, 6) is 0.430. The van der Waals surface area contributed by atoms with E-state index in [1.165, 1.54) is 7.11 Å². The number of carbonyl (C=O) groups excluding carboxylic acids is 1. The van der Waals surface area contributed by atoms with Crippen molar-refractivity contribution in [3.63, 3.8) is 0 Å². The zero-order chi connectivity index (χ0) is 13.3. The Morgan fingerprint density at radius 2 is 2.11 bits per heavy atom. The average Bonchev–Trinajstić information content (AvgIpc) is 3.11. The van der Waals surface area contributed by atoms with Crippen LogP contribution in [0, 0.1) is 5.92 Å². The third-order valence-electron chi connectivity index (χ3n) is 3.56. The fraction of sp³-hybridized carbons (Fsp3) is 0.533. The fourth-order valence-corrected chi connectivity index (χ4v) is 2.64. The van der Waals surface area contributed by atoms with E-state index < -0.39 is 5.41 Å². The molecule has 0 unspecified atom stereocenters. The lowest BCUT2D eigenvalue weighted by atomic mass is 9.93. The average molecular weight is 267 g/mol. The number of rotatable bonds is 4. The molecule has 18 heavy (non-hydrogen) atoms. The fourth-order valence-electron chi connectivity index (χ4n) is 2.38. The van der Waals surface area contributed by atoms with Gasteiger partial charge in [-0.25, -0.2) is 0 Å². The van der Waals surface area contributed by atoms with E-state index >= 15 is 0 Å². The van der Waals surface area contributed by atoms with Gasteiger partial charge in [-0.15, -0.1) is 0 Å². The topological polar surface area (TPSA) is 26.3 Å². The quantitative estimate of drug-likeness (QED) is 0.776. The van der Waals surface area contributed by atoms with Gasteiger partial charge in [-0.05, 0) is 42.4 Å². The second kappa shape index (κ2) is 4.93. The van der Waals surface area contributed by atoms with Crippen LogP contribution in [0.15, 0.2) is 18.2 Å². The Hall–Kier alpha value is -1.02. The van der Waals surface area contributed by atoms with E-state index in [0.29, 0.717) is 5.92 Å². The molecule has 1 aromatic carbocycles. The van der Waals surface area contributed by atoms with Gasteiger partial charge >= 0.3 is 5.97 Å². The predicted molar refractivity (Wildman–Crippen MR) is 72.9 cm³/mol. The number of hydrogen-bond donors (Lipinski definition) is 0. The van der Waals surface area contributed by atoms with E-state index in [1.54, 1.807) is 0 Å². The summed E-state index contributed by atoms with van der Waals surface area (Å²) in [5.41, 5.74) is 1.72. The van der Waals surface area contributed by atoms with E-state index in [2.05, 4.69) is 13.8 Å². The molecule has 0 saturated heterocycles. The summed E-state index contributed by atoms with van der Waals surface area (Å²) in [7, 11) is 1.44. The van der Waals surface area contributed by atoms with Crippen LogP contribution in [0.2, 0.25) is 5.02 Å². The Morgan fingerprint density at radius 3 is 2.56 bits per heavy atom. The molecular weight excluding hydrogens is 248 g/mol. The van der Waals surface area contributed by atoms with Crippen LogP contribution in [-0.2, 0) is 21.4 Å². The molecule has 2 nitrogen and oxygen atoms in total. The van der Waals surface area contributed by atoms with Crippen LogP contribution in [0.3, 0.4) is 0 Å². The van der Waals surface area contributed by atoms with Gasteiger partial charge in [0.2, 0.25) is 0 Å². The molecule has 98 valence electrons. The summed E-state index contributed by atoms with van der Waals surface area (Å²) in [6.07, 6.45) is 2.68. The molecule has 0 aliphatic heterocycles. The van der Waals surface area contributed by atoms with Crippen LogP contribution < -0.4 is 0 Å². The highest BCUT2D eigenvalue weighted by Crippen LogP contribution is 2.49. The molecular formula is C15H19ClO2. The molecule has 0 spiro atoms. The van der Waals surface area contributed by atoms with Gasteiger partial charge in [0, 0.05) is 5.02 Å². The molecule has 0 amide bonds. The monoisotopic (exact) mass is 266 g/mol. The third-order valence-corrected chi connectivity index (χ3v) is 3.91. The van der Waals surface area contributed by atoms with E-state index in [9.17, 15) is 4.79 Å². The molecule has 1 aliphatic rings. The maximum Gasteiger partial charge on any atom is 0.316 e. The van der Waals surface area contributed by atoms with E-state index in [0.717, 1.165) is 35.4 Å². The summed E-state index contributed by atoms with van der Waals surface area (Å²) in [6.45, 7) is 4.34. The summed E-state index contributed by atoms with van der Waals surface area (Å²) >= 11 is 6.30. The van der Waals surface area contributed by atoms with Gasteiger partial charge in [-0.1, -0.05) is 37.6 Å². The smallest absolute Gasteiger partial charge is 0.316 e. The maximum atomic E-state index is 11.8. The minimum atomic E-state index is -0.422. The molecule has 0 N–H and O–H groups in total. The number of halogens is 1. The SMILES string of the molecule is COC(=O)C1(c2ccc(CC(C)C)c(Cl)c2)CC1. The molecule has 2 rings (SSSR count). The first-order valence-corrected chi connectivity index (χ1v) is 6.75. The van der Waals surface area contributed by atoms with Crippen molar-refractivity contribution in [3.8, 4) is 0 Å².